The van der Waals surface area contributed by atoms with Gasteiger partial charge in [0.25, 0.3) is 0 Å². The Morgan fingerprint density at radius 1 is 1.31 bits per heavy atom. The Morgan fingerprint density at radius 2 is 1.62 bits per heavy atom. The number of hydrogen-bond acceptors (Lipinski definition) is 4. The van der Waals surface area contributed by atoms with Crippen molar-refractivity contribution in [3.63, 3.8) is 0 Å². The van der Waals surface area contributed by atoms with Crippen molar-refractivity contribution in [3.05, 3.63) is 0 Å². The highest BCUT2D eigenvalue weighted by molar-refractivity contribution is 9.09. The summed E-state index contributed by atoms with van der Waals surface area (Å²) in [6.45, 7) is -7.98. The summed E-state index contributed by atoms with van der Waals surface area (Å²) in [6.07, 6.45) is 0. The molecule has 0 aliphatic carbocycles. The molecule has 0 aromatic carbocycles. The SMILES string of the molecule is CNC.[2H]C([2H])(O)C([2H])([2H])Br.[2H]C([2H])(O)C([2H])([2H])N(C)C. The quantitative estimate of drug-likeness (QED) is 0.617. The molecule has 5 heteroatoms. The van der Waals surface area contributed by atoms with Gasteiger partial charge in [-0.2, -0.15) is 0 Å². The fourth-order valence-electron chi connectivity index (χ4n) is 0.100. The summed E-state index contributed by atoms with van der Waals surface area (Å²) in [7, 11) is 6.46. The third kappa shape index (κ3) is 70.3. The number of halogens is 1. The van der Waals surface area contributed by atoms with Gasteiger partial charge in [0, 0.05) is 17.3 Å². The molecule has 3 N–H and O–H groups in total. The van der Waals surface area contributed by atoms with Crippen LogP contribution in [0.25, 0.3) is 0 Å². The van der Waals surface area contributed by atoms with E-state index in [1.807, 2.05) is 14.1 Å². The van der Waals surface area contributed by atoms with Crippen LogP contribution in [0.5, 0.6) is 0 Å². The molecule has 0 rings (SSSR count). The minimum Gasteiger partial charge on any atom is -0.396 e. The average Bonchev–Trinajstić information content (AvgIpc) is 2.14. The Hall–Kier alpha value is 0.320. The average molecular weight is 267 g/mol. The predicted octanol–water partition coefficient (Wildman–Crippen LogP) is -0.251. The third-order valence-electron chi connectivity index (χ3n) is 0.316. The van der Waals surface area contributed by atoms with Crippen LogP contribution in [-0.4, -0.2) is 68.2 Å². The van der Waals surface area contributed by atoms with Gasteiger partial charge in [0.15, 0.2) is 0 Å². The van der Waals surface area contributed by atoms with Gasteiger partial charge < -0.3 is 20.4 Å². The normalized spacial score (nSPS) is 21.8. The molecule has 13 heavy (non-hydrogen) atoms. The lowest BCUT2D eigenvalue weighted by atomic mass is 10.6. The number of alkyl halides is 1. The molecule has 0 aromatic heterocycles. The topological polar surface area (TPSA) is 55.7 Å². The zero-order valence-electron chi connectivity index (χ0n) is 16.2. The first-order valence-corrected chi connectivity index (χ1v) is 4.05. The van der Waals surface area contributed by atoms with Gasteiger partial charge >= 0.3 is 0 Å². The van der Waals surface area contributed by atoms with Crippen LogP contribution in [-0.2, 0) is 0 Å². The number of aliphatic hydroxyl groups is 2. The van der Waals surface area contributed by atoms with Crippen LogP contribution in [0.15, 0.2) is 0 Å². The lowest BCUT2D eigenvalue weighted by molar-refractivity contribution is 0.243. The second-order valence-corrected chi connectivity index (χ2v) is 2.22. The van der Waals surface area contributed by atoms with Gasteiger partial charge in [0.05, 0.1) is 18.6 Å². The molecule has 0 spiro atoms. The molecule has 0 saturated carbocycles. The van der Waals surface area contributed by atoms with E-state index >= 15 is 0 Å². The van der Waals surface area contributed by atoms with E-state index in [-0.39, 0.29) is 0 Å². The Morgan fingerprint density at radius 3 is 1.62 bits per heavy atom. The number of nitrogens with zero attached hydrogens (tertiary/aromatic N) is 1. The summed E-state index contributed by atoms with van der Waals surface area (Å²) in [6, 6.07) is 0. The maximum absolute atomic E-state index is 8.63. The Balaban J connectivity index is -0.000000264. The first-order chi connectivity index (χ1) is 8.86. The maximum atomic E-state index is 8.63. The number of hydrogen-bond donors (Lipinski definition) is 3. The standard InChI is InChI=1S/C4H11NO.C2H5BrO.C2H7N/c1-5(2)3-4-6;3-1-2-4;1-3-2/h6H,3-4H2,1-2H3;4H,1-2H2;3H,1-2H3/i3D2,4D2;1D2,2D2;. The van der Waals surface area contributed by atoms with Crippen LogP contribution >= 0.6 is 15.9 Å². The number of nitrogens with one attached hydrogen (secondary N) is 1. The van der Waals surface area contributed by atoms with Gasteiger partial charge in [0.1, 0.15) is 0 Å². The summed E-state index contributed by atoms with van der Waals surface area (Å²) in [5.74, 6) is 0. The highest BCUT2D eigenvalue weighted by Crippen LogP contribution is 1.70. The first kappa shape index (κ1) is 6.02. The lowest BCUT2D eigenvalue weighted by Crippen LogP contribution is -2.15. The zero-order valence-corrected chi connectivity index (χ0v) is 9.81. The minimum absolute atomic E-state index is 0.979. The van der Waals surface area contributed by atoms with E-state index in [0.717, 1.165) is 4.90 Å². The minimum atomic E-state index is -2.82. The molecule has 0 aromatic rings. The van der Waals surface area contributed by atoms with E-state index in [2.05, 4.69) is 21.2 Å². The molecule has 0 radical (unpaired) electrons. The summed E-state index contributed by atoms with van der Waals surface area (Å²) >= 11 is 2.31. The monoisotopic (exact) mass is 266 g/mol. The van der Waals surface area contributed by atoms with Gasteiger partial charge in [0.2, 0.25) is 0 Å². The van der Waals surface area contributed by atoms with Crippen LogP contribution < -0.4 is 5.32 Å². The van der Waals surface area contributed by atoms with Gasteiger partial charge in [-0.3, -0.25) is 0 Å². The Labute approximate surface area is 101 Å². The summed E-state index contributed by atoms with van der Waals surface area (Å²) in [4.78, 5) is 0.979. The fourth-order valence-corrected chi connectivity index (χ4v) is 0.100. The summed E-state index contributed by atoms with van der Waals surface area (Å²) in [5.41, 5.74) is 0. The summed E-state index contributed by atoms with van der Waals surface area (Å²) < 4.78 is 53.2. The molecule has 0 heterocycles. The highest BCUT2D eigenvalue weighted by atomic mass is 79.9. The van der Waals surface area contributed by atoms with E-state index in [4.69, 9.17) is 21.2 Å². The molecule has 4 nitrogen and oxygen atoms in total. The van der Waals surface area contributed by atoms with Crippen LogP contribution in [0.4, 0.5) is 0 Å². The molecule has 0 saturated heterocycles. The fraction of sp³-hybridized carbons (Fsp3) is 1.00. The van der Waals surface area contributed by atoms with Crippen LogP contribution in [0.1, 0.15) is 11.0 Å². The van der Waals surface area contributed by atoms with Gasteiger partial charge in [-0.25, -0.2) is 0 Å². The Bertz CT molecular complexity index is 263. The van der Waals surface area contributed by atoms with Crippen LogP contribution in [0.3, 0.4) is 0 Å². The lowest BCUT2D eigenvalue weighted by Gasteiger charge is -2.03. The van der Waals surface area contributed by atoms with Gasteiger partial charge in [-0.05, 0) is 28.2 Å². The van der Waals surface area contributed by atoms with Crippen molar-refractivity contribution in [2.75, 3.05) is 53.1 Å². The van der Waals surface area contributed by atoms with Crippen LogP contribution in [0, 0.1) is 0 Å². The van der Waals surface area contributed by atoms with Crippen molar-refractivity contribution in [2.24, 2.45) is 0 Å². The van der Waals surface area contributed by atoms with E-state index < -0.39 is 24.9 Å². The molecule has 0 amide bonds. The second-order valence-electron chi connectivity index (χ2n) is 1.82. The molecule has 84 valence electrons. The molecular weight excluding hydrogens is 236 g/mol. The largest absolute Gasteiger partial charge is 0.396 e. The molecule has 0 aliphatic heterocycles. The molecule has 0 atom stereocenters. The van der Waals surface area contributed by atoms with E-state index in [9.17, 15) is 0 Å². The van der Waals surface area contributed by atoms with Crippen molar-refractivity contribution in [1.82, 2.24) is 10.2 Å². The molecular formula is C8H23BrN2O2. The zero-order chi connectivity index (χ0) is 18.3. The molecule has 0 fully saturated rings. The molecule has 0 aliphatic rings. The van der Waals surface area contributed by atoms with Crippen molar-refractivity contribution in [3.8, 4) is 0 Å². The van der Waals surface area contributed by atoms with E-state index in [1.54, 1.807) is 0 Å². The molecule has 0 bridgehead atoms. The number of rotatable bonds is 3. The van der Waals surface area contributed by atoms with Gasteiger partial charge in [-0.1, -0.05) is 15.9 Å². The van der Waals surface area contributed by atoms with E-state index in [0.29, 0.717) is 0 Å². The number of likely N-dealkylation sites (N-methyl/N-ethyl adjacent to an activating group) is 1. The smallest absolute Gasteiger partial charge is 0.0577 e. The van der Waals surface area contributed by atoms with Gasteiger partial charge in [-0.15, -0.1) is 0 Å². The predicted molar refractivity (Wildman–Crippen MR) is 61.5 cm³/mol. The molecule has 0 unspecified atom stereocenters. The first-order valence-electron chi connectivity index (χ1n) is 7.25. The Kier molecular flexibility index (Phi) is 10.6. The van der Waals surface area contributed by atoms with E-state index in [1.165, 1.54) is 14.1 Å². The van der Waals surface area contributed by atoms with Crippen molar-refractivity contribution in [2.45, 2.75) is 0 Å². The third-order valence-corrected chi connectivity index (χ3v) is 0.493. The van der Waals surface area contributed by atoms with Crippen molar-refractivity contribution in [1.29, 1.82) is 0 Å². The van der Waals surface area contributed by atoms with Crippen LogP contribution in [0.2, 0.25) is 0 Å². The maximum Gasteiger partial charge on any atom is 0.0577 e. The van der Waals surface area contributed by atoms with Crippen molar-refractivity contribution < 1.29 is 21.2 Å². The highest BCUT2D eigenvalue weighted by Gasteiger charge is 1.80. The van der Waals surface area contributed by atoms with Crippen molar-refractivity contribution >= 4 is 15.9 Å². The summed E-state index contributed by atoms with van der Waals surface area (Å²) in [5, 5.41) is 17.3. The second kappa shape index (κ2) is 22.8.